The Morgan fingerprint density at radius 3 is 2.59 bits per heavy atom. The molecule has 0 radical (unpaired) electrons. The second-order valence-corrected chi connectivity index (χ2v) is 11.6. The minimum Gasteiger partial charge on any atom is -0.348 e. The highest BCUT2D eigenvalue weighted by Crippen LogP contribution is 2.34. The monoisotopic (exact) mass is 530 g/mol. The highest BCUT2D eigenvalue weighted by Gasteiger charge is 2.33. The van der Waals surface area contributed by atoms with Crippen LogP contribution in [0, 0.1) is 0 Å². The van der Waals surface area contributed by atoms with Crippen LogP contribution in [-0.4, -0.2) is 31.7 Å². The van der Waals surface area contributed by atoms with Crippen molar-refractivity contribution < 1.29 is 8.42 Å². The lowest BCUT2D eigenvalue weighted by Crippen LogP contribution is -2.39. The summed E-state index contributed by atoms with van der Waals surface area (Å²) in [5.74, 6) is 0. The summed E-state index contributed by atoms with van der Waals surface area (Å²) >= 11 is 17.2. The average molecular weight is 532 g/mol. The van der Waals surface area contributed by atoms with Gasteiger partial charge in [-0.3, -0.25) is 0 Å². The zero-order chi connectivity index (χ0) is 20.6. The van der Waals surface area contributed by atoms with Gasteiger partial charge in [-0.15, -0.1) is 11.3 Å². The van der Waals surface area contributed by atoms with Crippen LogP contribution in [0.25, 0.3) is 11.3 Å². The van der Waals surface area contributed by atoms with E-state index in [2.05, 4.69) is 20.8 Å². The molecule has 29 heavy (non-hydrogen) atoms. The number of thiazole rings is 1. The zero-order valence-electron chi connectivity index (χ0n) is 15.2. The molecule has 0 spiro atoms. The standard InChI is InChI=1S/C20H17BrCl2N2O2S2/c21-14-3-1-2-13(10-14)18-12-28-20(24-18)25-8-6-16(7-9-25)29(26,27)19-11-15(22)4-5-17(19)23/h1-5,10-12,16H,6-9H2. The molecule has 1 aliphatic rings. The Bertz CT molecular complexity index is 1140. The van der Waals surface area contributed by atoms with E-state index in [4.69, 9.17) is 28.2 Å². The van der Waals surface area contributed by atoms with E-state index in [0.717, 1.165) is 20.9 Å². The molecule has 0 bridgehead atoms. The molecule has 4 nitrogen and oxygen atoms in total. The molecule has 3 aromatic rings. The Labute approximate surface area is 192 Å². The number of sulfone groups is 1. The Kier molecular flexibility index (Phi) is 6.23. The van der Waals surface area contributed by atoms with Crippen LogP contribution in [0.1, 0.15) is 12.8 Å². The van der Waals surface area contributed by atoms with Gasteiger partial charge in [0.1, 0.15) is 0 Å². The zero-order valence-corrected chi connectivity index (χ0v) is 19.9. The fraction of sp³-hybridized carbons (Fsp3) is 0.250. The molecular weight excluding hydrogens is 515 g/mol. The lowest BCUT2D eigenvalue weighted by Gasteiger charge is -2.31. The highest BCUT2D eigenvalue weighted by atomic mass is 79.9. The number of anilines is 1. The molecule has 0 unspecified atom stereocenters. The molecule has 2 aromatic carbocycles. The summed E-state index contributed by atoms with van der Waals surface area (Å²) in [4.78, 5) is 7.02. The predicted molar refractivity (Wildman–Crippen MR) is 124 cm³/mol. The van der Waals surface area contributed by atoms with Gasteiger partial charge in [0, 0.05) is 33.5 Å². The maximum absolute atomic E-state index is 13.0. The highest BCUT2D eigenvalue weighted by molar-refractivity contribution is 9.10. The second kappa shape index (κ2) is 8.55. The van der Waals surface area contributed by atoms with Crippen molar-refractivity contribution in [1.82, 2.24) is 4.98 Å². The van der Waals surface area contributed by atoms with Gasteiger partial charge in [-0.1, -0.05) is 51.3 Å². The van der Waals surface area contributed by atoms with Crippen molar-refractivity contribution >= 4 is 65.4 Å². The van der Waals surface area contributed by atoms with Gasteiger partial charge in [0.2, 0.25) is 0 Å². The van der Waals surface area contributed by atoms with Crippen molar-refractivity contribution in [3.8, 4) is 11.3 Å². The van der Waals surface area contributed by atoms with Gasteiger partial charge in [0.15, 0.2) is 15.0 Å². The molecule has 4 rings (SSSR count). The van der Waals surface area contributed by atoms with Crippen LogP contribution in [0.5, 0.6) is 0 Å². The molecule has 152 valence electrons. The first-order chi connectivity index (χ1) is 13.8. The maximum Gasteiger partial charge on any atom is 0.185 e. The van der Waals surface area contributed by atoms with Crippen LogP contribution in [0.3, 0.4) is 0 Å². The molecule has 1 saturated heterocycles. The Balaban J connectivity index is 1.48. The smallest absolute Gasteiger partial charge is 0.185 e. The summed E-state index contributed by atoms with van der Waals surface area (Å²) in [5, 5.41) is 3.06. The number of hydrogen-bond acceptors (Lipinski definition) is 5. The van der Waals surface area contributed by atoms with E-state index in [-0.39, 0.29) is 9.92 Å². The lowest BCUT2D eigenvalue weighted by atomic mass is 10.1. The van der Waals surface area contributed by atoms with E-state index in [1.54, 1.807) is 17.4 Å². The van der Waals surface area contributed by atoms with Crippen molar-refractivity contribution in [1.29, 1.82) is 0 Å². The first-order valence-corrected chi connectivity index (χ1v) is 13.0. The summed E-state index contributed by atoms with van der Waals surface area (Å²) in [7, 11) is -3.53. The number of rotatable bonds is 4. The molecule has 2 heterocycles. The van der Waals surface area contributed by atoms with E-state index in [9.17, 15) is 8.42 Å². The lowest BCUT2D eigenvalue weighted by molar-refractivity contribution is 0.529. The first-order valence-electron chi connectivity index (χ1n) is 9.00. The van der Waals surface area contributed by atoms with E-state index < -0.39 is 15.1 Å². The number of hydrogen-bond donors (Lipinski definition) is 0. The fourth-order valence-electron chi connectivity index (χ4n) is 3.42. The Morgan fingerprint density at radius 1 is 1.10 bits per heavy atom. The van der Waals surface area contributed by atoms with Crippen molar-refractivity contribution in [2.45, 2.75) is 23.0 Å². The van der Waals surface area contributed by atoms with E-state index >= 15 is 0 Å². The second-order valence-electron chi connectivity index (χ2n) is 6.83. The molecule has 0 atom stereocenters. The van der Waals surface area contributed by atoms with Gasteiger partial charge in [0.25, 0.3) is 0 Å². The van der Waals surface area contributed by atoms with Gasteiger partial charge in [-0.2, -0.15) is 0 Å². The average Bonchev–Trinajstić information content (AvgIpc) is 3.20. The Morgan fingerprint density at radius 2 is 1.86 bits per heavy atom. The first kappa shape index (κ1) is 21.1. The quantitative estimate of drug-likeness (QED) is 0.395. The Hall–Kier alpha value is -1.12. The SMILES string of the molecule is O=S(=O)(c1cc(Cl)ccc1Cl)C1CCN(c2nc(-c3cccc(Br)c3)cs2)CC1. The van der Waals surface area contributed by atoms with Gasteiger partial charge in [-0.25, -0.2) is 13.4 Å². The predicted octanol–water partition coefficient (Wildman–Crippen LogP) is 6.32. The van der Waals surface area contributed by atoms with Crippen LogP contribution in [0.4, 0.5) is 5.13 Å². The van der Waals surface area contributed by atoms with Crippen LogP contribution < -0.4 is 4.90 Å². The molecule has 0 amide bonds. The minimum atomic E-state index is -3.53. The molecule has 0 aliphatic carbocycles. The third-order valence-corrected chi connectivity index (χ3v) is 9.33. The van der Waals surface area contributed by atoms with Crippen LogP contribution >= 0.6 is 50.5 Å². The summed E-state index contributed by atoms with van der Waals surface area (Å²) < 4.78 is 27.1. The number of benzene rings is 2. The van der Waals surface area contributed by atoms with E-state index in [1.807, 2.05) is 29.6 Å². The summed E-state index contributed by atoms with van der Waals surface area (Å²) in [6.45, 7) is 1.26. The largest absolute Gasteiger partial charge is 0.348 e. The van der Waals surface area contributed by atoms with Crippen LogP contribution in [0.15, 0.2) is 57.2 Å². The van der Waals surface area contributed by atoms with Gasteiger partial charge in [-0.05, 0) is 43.2 Å². The van der Waals surface area contributed by atoms with Crippen molar-refractivity contribution in [3.63, 3.8) is 0 Å². The summed E-state index contributed by atoms with van der Waals surface area (Å²) in [6, 6.07) is 12.6. The van der Waals surface area contributed by atoms with E-state index in [1.165, 1.54) is 12.1 Å². The topological polar surface area (TPSA) is 50.3 Å². The fourth-order valence-corrected chi connectivity index (χ4v) is 7.21. The molecular formula is C20H17BrCl2N2O2S2. The summed E-state index contributed by atoms with van der Waals surface area (Å²) in [6.07, 6.45) is 1.05. The molecule has 9 heteroatoms. The minimum absolute atomic E-state index is 0.122. The summed E-state index contributed by atoms with van der Waals surface area (Å²) in [5.41, 5.74) is 1.97. The normalized spacial score (nSPS) is 15.6. The van der Waals surface area contributed by atoms with Gasteiger partial charge >= 0.3 is 0 Å². The number of piperidine rings is 1. The van der Waals surface area contributed by atoms with Crippen molar-refractivity contribution in [2.24, 2.45) is 0 Å². The number of halogens is 3. The van der Waals surface area contributed by atoms with Crippen LogP contribution in [0.2, 0.25) is 10.0 Å². The van der Waals surface area contributed by atoms with Crippen molar-refractivity contribution in [2.75, 3.05) is 18.0 Å². The molecule has 1 fully saturated rings. The third-order valence-electron chi connectivity index (χ3n) is 4.96. The third kappa shape index (κ3) is 4.49. The van der Waals surface area contributed by atoms with Crippen LogP contribution in [-0.2, 0) is 9.84 Å². The van der Waals surface area contributed by atoms with Gasteiger partial charge in [0.05, 0.1) is 20.9 Å². The molecule has 1 aromatic heterocycles. The molecule has 0 saturated carbocycles. The van der Waals surface area contributed by atoms with Gasteiger partial charge < -0.3 is 4.90 Å². The number of nitrogens with zero attached hydrogens (tertiary/aromatic N) is 2. The maximum atomic E-state index is 13.0. The molecule has 0 N–H and O–H groups in total. The van der Waals surface area contributed by atoms with E-state index in [0.29, 0.717) is 31.0 Å². The molecule has 1 aliphatic heterocycles. The van der Waals surface area contributed by atoms with Crippen molar-refractivity contribution in [3.05, 3.63) is 62.4 Å². The number of aromatic nitrogens is 1.